The van der Waals surface area contributed by atoms with Crippen LogP contribution in [0, 0.1) is 6.92 Å². The highest BCUT2D eigenvalue weighted by Crippen LogP contribution is 2.26. The van der Waals surface area contributed by atoms with Gasteiger partial charge in [0.25, 0.3) is 0 Å². The van der Waals surface area contributed by atoms with E-state index in [1.54, 1.807) is 0 Å². The zero-order valence-electron chi connectivity index (χ0n) is 12.5. The van der Waals surface area contributed by atoms with Crippen molar-refractivity contribution >= 4 is 39.7 Å². The van der Waals surface area contributed by atoms with Gasteiger partial charge < -0.3 is 15.7 Å². The molecule has 0 saturated heterocycles. The van der Waals surface area contributed by atoms with Crippen LogP contribution in [0.4, 0.5) is 5.69 Å². The Hall–Kier alpha value is -1.04. The number of allylic oxidation sites excluding steroid dienone is 2. The maximum absolute atomic E-state index is 9.61. The number of nitrogens with one attached hydrogen (secondary N) is 2. The molecule has 0 saturated carbocycles. The van der Waals surface area contributed by atoms with Gasteiger partial charge in [0.05, 0.1) is 11.8 Å². The maximum Gasteiger partial charge on any atom is 0.0966 e. The molecule has 120 valence electrons. The van der Waals surface area contributed by atoms with Crippen molar-refractivity contribution in [1.29, 1.82) is 0 Å². The molecule has 1 atom stereocenters. The van der Waals surface area contributed by atoms with Crippen LogP contribution in [0.3, 0.4) is 0 Å². The minimum absolute atomic E-state index is 0. The maximum atomic E-state index is 9.61. The average Bonchev–Trinajstić information content (AvgIpc) is 2.46. The van der Waals surface area contributed by atoms with Crippen LogP contribution in [0.2, 0.25) is 0 Å². The van der Waals surface area contributed by atoms with Crippen molar-refractivity contribution in [2.45, 2.75) is 19.4 Å². The van der Waals surface area contributed by atoms with Crippen LogP contribution in [0.5, 0.6) is 0 Å². The van der Waals surface area contributed by atoms with Gasteiger partial charge in [-0.3, -0.25) is 0 Å². The molecule has 1 aliphatic heterocycles. The zero-order valence-corrected chi connectivity index (χ0v) is 15.9. The Kier molecular flexibility index (Phi) is 7.39. The number of halogens is 2. The van der Waals surface area contributed by atoms with Gasteiger partial charge in [-0.15, -0.1) is 34.0 Å². The van der Waals surface area contributed by atoms with E-state index in [0.717, 1.165) is 24.4 Å². The minimum Gasteiger partial charge on any atom is -0.512 e. The summed E-state index contributed by atoms with van der Waals surface area (Å²) < 4.78 is 0. The van der Waals surface area contributed by atoms with Gasteiger partial charge in [-0.1, -0.05) is 29.8 Å². The second kappa shape index (κ2) is 8.56. The van der Waals surface area contributed by atoms with E-state index in [9.17, 15) is 5.11 Å². The van der Waals surface area contributed by atoms with Crippen LogP contribution in [0.25, 0.3) is 0 Å². The fourth-order valence-corrected chi connectivity index (χ4v) is 2.67. The molecule has 0 bridgehead atoms. The summed E-state index contributed by atoms with van der Waals surface area (Å²) in [5.74, 6) is 0.451. The summed E-state index contributed by atoms with van der Waals surface area (Å²) in [5, 5.41) is 16.6. The predicted octanol–water partition coefficient (Wildman–Crippen LogP) is 4.23. The number of benzene rings is 1. The second-order valence-electron chi connectivity index (χ2n) is 5.37. The Balaban J connectivity index is 0.00000121. The number of aliphatic hydroxyl groups excluding tert-OH is 1. The molecule has 1 aromatic carbocycles. The molecule has 3 nitrogen and oxygen atoms in total. The van der Waals surface area contributed by atoms with Gasteiger partial charge in [0.1, 0.15) is 0 Å². The summed E-state index contributed by atoms with van der Waals surface area (Å²) in [5.41, 5.74) is 4.85. The topological polar surface area (TPSA) is 44.3 Å². The Bertz CT molecular complexity index is 591. The Morgan fingerprint density at radius 3 is 2.64 bits per heavy atom. The monoisotopic (exact) mass is 428 g/mol. The van der Waals surface area contributed by atoms with Gasteiger partial charge in [0.2, 0.25) is 0 Å². The summed E-state index contributed by atoms with van der Waals surface area (Å²) in [6.07, 6.45) is 6.77. The van der Waals surface area contributed by atoms with E-state index in [1.807, 2.05) is 6.08 Å². The molecule has 1 heterocycles. The molecule has 0 fully saturated rings. The third-order valence-corrected chi connectivity index (χ3v) is 3.81. The smallest absolute Gasteiger partial charge is 0.0966 e. The highest BCUT2D eigenvalue weighted by Gasteiger charge is 2.22. The van der Waals surface area contributed by atoms with E-state index in [4.69, 9.17) is 0 Å². The lowest BCUT2D eigenvalue weighted by Crippen LogP contribution is -2.40. The molecular weight excluding hydrogens is 408 g/mol. The Labute approximate surface area is 152 Å². The fraction of sp³-hybridized carbons (Fsp3) is 0.294. The van der Waals surface area contributed by atoms with Gasteiger partial charge in [-0.25, -0.2) is 0 Å². The normalized spacial score (nSPS) is 19.5. The first-order chi connectivity index (χ1) is 9.72. The third-order valence-electron chi connectivity index (χ3n) is 3.81. The Morgan fingerprint density at radius 1 is 1.18 bits per heavy atom. The van der Waals surface area contributed by atoms with Gasteiger partial charge in [-0.05, 0) is 36.3 Å². The lowest BCUT2D eigenvalue weighted by atomic mass is 9.89. The highest BCUT2D eigenvalue weighted by molar-refractivity contribution is 8.93. The molecule has 0 spiro atoms. The molecule has 1 unspecified atom stereocenters. The van der Waals surface area contributed by atoms with Crippen LogP contribution >= 0.6 is 34.0 Å². The van der Waals surface area contributed by atoms with Crippen molar-refractivity contribution in [3.05, 3.63) is 65.0 Å². The number of rotatable bonds is 3. The standard InChI is InChI=1S/C17H20N2O.2BrH/c1-12-2-4-14(5-3-12)19-11-17-16-7-6-15(20)10-13(16)8-9-18-17;;/h2-5,7-8,10,17-20H,6,9,11H2,1H3;2*1H. The van der Waals surface area contributed by atoms with Crippen LogP contribution in [0.1, 0.15) is 12.0 Å². The highest BCUT2D eigenvalue weighted by atomic mass is 79.9. The van der Waals surface area contributed by atoms with Crippen LogP contribution in [-0.2, 0) is 0 Å². The Morgan fingerprint density at radius 2 is 1.91 bits per heavy atom. The molecule has 0 amide bonds. The number of hydrogen-bond donors (Lipinski definition) is 3. The predicted molar refractivity (Wildman–Crippen MR) is 104 cm³/mol. The van der Waals surface area contributed by atoms with Crippen molar-refractivity contribution in [2.75, 3.05) is 18.4 Å². The minimum atomic E-state index is 0. The van der Waals surface area contributed by atoms with Crippen LogP contribution < -0.4 is 10.6 Å². The van der Waals surface area contributed by atoms with Gasteiger partial charge in [0.15, 0.2) is 0 Å². The fourth-order valence-electron chi connectivity index (χ4n) is 2.67. The number of anilines is 1. The molecule has 0 aromatic heterocycles. The quantitative estimate of drug-likeness (QED) is 0.673. The van der Waals surface area contributed by atoms with E-state index in [-0.39, 0.29) is 34.0 Å². The van der Waals surface area contributed by atoms with E-state index in [0.29, 0.717) is 18.2 Å². The van der Waals surface area contributed by atoms with Crippen molar-refractivity contribution in [1.82, 2.24) is 5.32 Å². The molecule has 3 rings (SSSR count). The number of hydrogen-bond acceptors (Lipinski definition) is 3. The van der Waals surface area contributed by atoms with Gasteiger partial charge in [0, 0.05) is 25.2 Å². The number of aryl methyl sites for hydroxylation is 1. The first kappa shape index (κ1) is 19.0. The number of fused-ring (bicyclic) bond motifs is 1. The third kappa shape index (κ3) is 4.48. The molecule has 22 heavy (non-hydrogen) atoms. The lowest BCUT2D eigenvalue weighted by molar-refractivity contribution is 0.398. The largest absolute Gasteiger partial charge is 0.512 e. The average molecular weight is 430 g/mol. The van der Waals surface area contributed by atoms with E-state index < -0.39 is 0 Å². The first-order valence-electron chi connectivity index (χ1n) is 7.06. The molecule has 5 heteroatoms. The molecular formula is C17H22Br2N2O. The molecule has 3 N–H and O–H groups in total. The van der Waals surface area contributed by atoms with E-state index in [1.165, 1.54) is 11.1 Å². The van der Waals surface area contributed by atoms with Gasteiger partial charge in [-0.2, -0.15) is 0 Å². The van der Waals surface area contributed by atoms with Gasteiger partial charge >= 0.3 is 0 Å². The van der Waals surface area contributed by atoms with Crippen molar-refractivity contribution < 1.29 is 5.11 Å². The number of aliphatic hydroxyl groups is 1. The summed E-state index contributed by atoms with van der Waals surface area (Å²) in [6, 6.07) is 8.73. The lowest BCUT2D eigenvalue weighted by Gasteiger charge is -2.29. The van der Waals surface area contributed by atoms with Crippen molar-refractivity contribution in [2.24, 2.45) is 0 Å². The summed E-state index contributed by atoms with van der Waals surface area (Å²) in [6.45, 7) is 3.78. The van der Waals surface area contributed by atoms with E-state index in [2.05, 4.69) is 54.0 Å². The second-order valence-corrected chi connectivity index (χ2v) is 5.37. The zero-order chi connectivity index (χ0) is 13.9. The first-order valence-corrected chi connectivity index (χ1v) is 7.06. The van der Waals surface area contributed by atoms with Crippen LogP contribution in [0.15, 0.2) is 59.4 Å². The molecule has 1 aromatic rings. The SMILES string of the molecule is Br.Br.Cc1ccc(NCC2NCC=C3C=C(O)CC=C32)cc1. The molecule has 2 aliphatic rings. The summed E-state index contributed by atoms with van der Waals surface area (Å²) >= 11 is 0. The summed E-state index contributed by atoms with van der Waals surface area (Å²) in [4.78, 5) is 0. The summed E-state index contributed by atoms with van der Waals surface area (Å²) in [7, 11) is 0. The van der Waals surface area contributed by atoms with Crippen molar-refractivity contribution in [3.8, 4) is 0 Å². The van der Waals surface area contributed by atoms with Crippen LogP contribution in [-0.4, -0.2) is 24.2 Å². The van der Waals surface area contributed by atoms with E-state index >= 15 is 0 Å². The molecule has 0 radical (unpaired) electrons. The van der Waals surface area contributed by atoms with Crippen molar-refractivity contribution in [3.63, 3.8) is 0 Å². The molecule has 1 aliphatic carbocycles.